The predicted molar refractivity (Wildman–Crippen MR) is 178 cm³/mol. The van der Waals surface area contributed by atoms with Gasteiger partial charge in [0, 0.05) is 23.3 Å². The number of hydrogen-bond acceptors (Lipinski definition) is 12. The zero-order valence-corrected chi connectivity index (χ0v) is 29.2. The SMILES string of the molecule is COc1cc([C@@H]2c3cc4c(cc3[C@@H](OC3OC5COC(C(=O)OCc6ccccc6)OC5C(C)C3C)[C@H]3COC(=O)[C@H]23)OCO4)cc(OC)c1C. The minimum atomic E-state index is -1.15. The molecule has 3 saturated heterocycles. The van der Waals surface area contributed by atoms with Crippen molar-refractivity contribution in [2.75, 3.05) is 34.2 Å². The lowest BCUT2D eigenvalue weighted by molar-refractivity contribution is -0.344. The summed E-state index contributed by atoms with van der Waals surface area (Å²) in [6, 6.07) is 17.3. The second-order valence-electron chi connectivity index (χ2n) is 13.9. The van der Waals surface area contributed by atoms with Gasteiger partial charge in [0.15, 0.2) is 17.8 Å². The summed E-state index contributed by atoms with van der Waals surface area (Å²) in [5, 5.41) is 0. The quantitative estimate of drug-likeness (QED) is 0.286. The number of esters is 2. The molecule has 0 amide bonds. The molecule has 12 heteroatoms. The van der Waals surface area contributed by atoms with Gasteiger partial charge in [-0.3, -0.25) is 4.79 Å². The van der Waals surface area contributed by atoms with Crippen LogP contribution in [0.5, 0.6) is 23.0 Å². The van der Waals surface area contributed by atoms with Gasteiger partial charge in [-0.05, 0) is 59.4 Å². The molecule has 10 atom stereocenters. The third-order valence-corrected chi connectivity index (χ3v) is 11.1. The van der Waals surface area contributed by atoms with E-state index < -0.39 is 48.7 Å². The van der Waals surface area contributed by atoms with Crippen molar-refractivity contribution in [2.45, 2.75) is 64.2 Å². The molecule has 0 spiro atoms. The number of cyclic esters (lactones) is 1. The van der Waals surface area contributed by atoms with E-state index in [0.29, 0.717) is 23.0 Å². The molecule has 4 heterocycles. The van der Waals surface area contributed by atoms with Crippen LogP contribution >= 0.6 is 0 Å². The molecule has 3 fully saturated rings. The summed E-state index contributed by atoms with van der Waals surface area (Å²) in [5.74, 6) is 0.123. The third kappa shape index (κ3) is 5.97. The molecule has 0 N–H and O–H groups in total. The van der Waals surface area contributed by atoms with Gasteiger partial charge >= 0.3 is 11.9 Å². The van der Waals surface area contributed by atoms with Crippen molar-refractivity contribution in [2.24, 2.45) is 23.7 Å². The first-order chi connectivity index (χ1) is 24.7. The summed E-state index contributed by atoms with van der Waals surface area (Å²) in [6.07, 6.45) is -3.31. The molecule has 5 aliphatic rings. The molecule has 0 aromatic heterocycles. The maximum absolute atomic E-state index is 13.7. The molecule has 4 aliphatic heterocycles. The Labute approximate surface area is 296 Å². The second kappa shape index (κ2) is 13.6. The predicted octanol–water partition coefficient (Wildman–Crippen LogP) is 5.22. The van der Waals surface area contributed by atoms with Crippen LogP contribution in [0.4, 0.5) is 0 Å². The molecule has 3 aromatic rings. The van der Waals surface area contributed by atoms with Crippen LogP contribution in [-0.2, 0) is 44.6 Å². The molecule has 8 rings (SSSR count). The van der Waals surface area contributed by atoms with E-state index in [1.54, 1.807) is 14.2 Å². The summed E-state index contributed by atoms with van der Waals surface area (Å²) in [5.41, 5.74) is 4.32. The van der Waals surface area contributed by atoms with Crippen molar-refractivity contribution < 1.29 is 57.0 Å². The Morgan fingerprint density at radius 2 is 1.57 bits per heavy atom. The fraction of sp³-hybridized carbons (Fsp3) is 0.487. The zero-order valence-electron chi connectivity index (χ0n) is 29.2. The number of fused-ring (bicyclic) bond motifs is 4. The van der Waals surface area contributed by atoms with Crippen LogP contribution in [-0.4, -0.2) is 71.0 Å². The Bertz CT molecular complexity index is 1770. The maximum Gasteiger partial charge on any atom is 0.363 e. The Kier molecular flexibility index (Phi) is 9.03. The van der Waals surface area contributed by atoms with Gasteiger partial charge in [0.1, 0.15) is 24.2 Å². The van der Waals surface area contributed by atoms with E-state index in [2.05, 4.69) is 6.92 Å². The fourth-order valence-electron chi connectivity index (χ4n) is 8.16. The average molecular weight is 703 g/mol. The highest BCUT2D eigenvalue weighted by Gasteiger charge is 2.55. The standard InChI is InChI=1S/C39H42O12/c1-19-20(2)38(49-31-17-46-39(50-34(19)31)37(41)44-15-22-9-7-6-8-10-22)51-35-25-14-30-29(47-18-48-30)13-24(25)32(33-26(35)16-45-36(33)40)23-11-27(42-4)21(3)28(12-23)43-5/h6-14,19-20,26,31-35,38-39H,15-18H2,1-5H3/t19?,20?,26-,31?,32+,33-,34?,35+,38?,39?/m0/s1. The summed E-state index contributed by atoms with van der Waals surface area (Å²) >= 11 is 0. The molecule has 3 aromatic carbocycles. The van der Waals surface area contributed by atoms with Gasteiger partial charge in [0.05, 0.1) is 45.6 Å². The Morgan fingerprint density at radius 3 is 2.27 bits per heavy atom. The summed E-state index contributed by atoms with van der Waals surface area (Å²) in [7, 11) is 3.23. The molecule has 0 radical (unpaired) electrons. The van der Waals surface area contributed by atoms with Crippen molar-refractivity contribution in [3.8, 4) is 23.0 Å². The highest BCUT2D eigenvalue weighted by Crippen LogP contribution is 2.57. The maximum atomic E-state index is 13.7. The number of methoxy groups -OCH3 is 2. The highest BCUT2D eigenvalue weighted by molar-refractivity contribution is 5.79. The average Bonchev–Trinajstić information content (AvgIpc) is 3.78. The minimum Gasteiger partial charge on any atom is -0.496 e. The second-order valence-corrected chi connectivity index (χ2v) is 13.9. The first kappa shape index (κ1) is 33.8. The summed E-state index contributed by atoms with van der Waals surface area (Å²) in [4.78, 5) is 26.6. The van der Waals surface area contributed by atoms with Crippen molar-refractivity contribution >= 4 is 11.9 Å². The molecule has 270 valence electrons. The Hall–Kier alpha value is -4.36. The molecular weight excluding hydrogens is 660 g/mol. The van der Waals surface area contributed by atoms with E-state index >= 15 is 0 Å². The van der Waals surface area contributed by atoms with E-state index in [9.17, 15) is 9.59 Å². The summed E-state index contributed by atoms with van der Waals surface area (Å²) in [6.45, 7) is 6.56. The van der Waals surface area contributed by atoms with E-state index in [1.165, 1.54) is 0 Å². The van der Waals surface area contributed by atoms with Crippen LogP contribution in [0.2, 0.25) is 0 Å². The van der Waals surface area contributed by atoms with Gasteiger partial charge < -0.3 is 47.4 Å². The monoisotopic (exact) mass is 702 g/mol. The minimum absolute atomic E-state index is 0.0700. The lowest BCUT2D eigenvalue weighted by atomic mass is 9.66. The van der Waals surface area contributed by atoms with Gasteiger partial charge in [0.2, 0.25) is 6.79 Å². The molecule has 12 nitrogen and oxygen atoms in total. The lowest BCUT2D eigenvalue weighted by Gasteiger charge is -2.49. The van der Waals surface area contributed by atoms with Crippen molar-refractivity contribution in [3.05, 3.63) is 82.4 Å². The van der Waals surface area contributed by atoms with Crippen molar-refractivity contribution in [1.82, 2.24) is 0 Å². The molecule has 1 aliphatic carbocycles. The normalized spacial score (nSPS) is 31.9. The van der Waals surface area contributed by atoms with Gasteiger partial charge in [-0.2, -0.15) is 0 Å². The Balaban J connectivity index is 1.07. The van der Waals surface area contributed by atoms with Crippen LogP contribution in [0.1, 0.15) is 53.7 Å². The molecule has 0 saturated carbocycles. The number of rotatable bonds is 8. The topological polar surface area (TPSA) is 126 Å². The number of carbonyl (C=O) groups is 2. The van der Waals surface area contributed by atoms with Crippen LogP contribution in [0.25, 0.3) is 0 Å². The third-order valence-electron chi connectivity index (χ3n) is 11.1. The molecular formula is C39H42O12. The van der Waals surface area contributed by atoms with Crippen LogP contribution in [0.15, 0.2) is 54.6 Å². The van der Waals surface area contributed by atoms with Gasteiger partial charge in [-0.1, -0.05) is 44.2 Å². The highest BCUT2D eigenvalue weighted by atomic mass is 16.8. The van der Waals surface area contributed by atoms with E-state index in [0.717, 1.165) is 27.8 Å². The number of ether oxygens (including phenoxy) is 10. The zero-order chi connectivity index (χ0) is 35.4. The lowest BCUT2D eigenvalue weighted by Crippen LogP contribution is -2.58. The molecule has 6 unspecified atom stereocenters. The summed E-state index contributed by atoms with van der Waals surface area (Å²) < 4.78 is 59.9. The van der Waals surface area contributed by atoms with Crippen molar-refractivity contribution in [3.63, 3.8) is 0 Å². The molecule has 0 bridgehead atoms. The van der Waals surface area contributed by atoms with E-state index in [-0.39, 0.29) is 50.3 Å². The Morgan fingerprint density at radius 1 is 0.863 bits per heavy atom. The first-order valence-corrected chi connectivity index (χ1v) is 17.4. The number of hydrogen-bond donors (Lipinski definition) is 0. The van der Waals surface area contributed by atoms with Gasteiger partial charge in [0.25, 0.3) is 6.29 Å². The van der Waals surface area contributed by atoms with E-state index in [4.69, 9.17) is 47.4 Å². The van der Waals surface area contributed by atoms with Crippen LogP contribution in [0, 0.1) is 30.6 Å². The number of benzene rings is 3. The van der Waals surface area contributed by atoms with E-state index in [1.807, 2.05) is 68.4 Å². The van der Waals surface area contributed by atoms with Crippen LogP contribution in [0.3, 0.4) is 0 Å². The van der Waals surface area contributed by atoms with Crippen molar-refractivity contribution in [1.29, 1.82) is 0 Å². The fourth-order valence-corrected chi connectivity index (χ4v) is 8.16. The van der Waals surface area contributed by atoms with Gasteiger partial charge in [-0.25, -0.2) is 4.79 Å². The number of carbonyl (C=O) groups excluding carboxylic acids is 2. The van der Waals surface area contributed by atoms with Gasteiger partial charge in [-0.15, -0.1) is 0 Å². The largest absolute Gasteiger partial charge is 0.496 e. The first-order valence-electron chi connectivity index (χ1n) is 17.4. The smallest absolute Gasteiger partial charge is 0.363 e. The van der Waals surface area contributed by atoms with Crippen LogP contribution < -0.4 is 18.9 Å². The molecule has 51 heavy (non-hydrogen) atoms.